The number of aromatic nitrogens is 7. The van der Waals surface area contributed by atoms with Gasteiger partial charge in [-0.3, -0.25) is 4.79 Å². The van der Waals surface area contributed by atoms with Crippen molar-refractivity contribution in [3.8, 4) is 11.3 Å². The van der Waals surface area contributed by atoms with Crippen LogP contribution in [0.25, 0.3) is 27.9 Å². The van der Waals surface area contributed by atoms with Crippen molar-refractivity contribution in [1.29, 1.82) is 0 Å². The summed E-state index contributed by atoms with van der Waals surface area (Å²) in [5.41, 5.74) is 7.01. The largest absolute Gasteiger partial charge is 0.371 e. The lowest BCUT2D eigenvalue weighted by atomic mass is 9.97. The van der Waals surface area contributed by atoms with Gasteiger partial charge in [-0.15, -0.1) is 10.2 Å². The molecule has 0 aliphatic carbocycles. The quantitative estimate of drug-likeness (QED) is 0.437. The first-order valence-corrected chi connectivity index (χ1v) is 11.8. The summed E-state index contributed by atoms with van der Waals surface area (Å²) in [7, 11) is 1.69. The van der Waals surface area contributed by atoms with Gasteiger partial charge in [0.05, 0.1) is 24.0 Å². The number of halogens is 2. The SMILES string of the molecule is CC(=O)N1CCCC(C)(F)C1.CCCn1nnc2ccc(-c3c(F)cn4nc(N)nc(NC)c34)nc21. The molecule has 13 heteroatoms. The van der Waals surface area contributed by atoms with Crippen LogP contribution in [0.15, 0.2) is 18.3 Å². The van der Waals surface area contributed by atoms with Gasteiger partial charge in [0.25, 0.3) is 0 Å². The molecule has 0 aromatic carbocycles. The highest BCUT2D eigenvalue weighted by Gasteiger charge is 2.31. The van der Waals surface area contributed by atoms with Gasteiger partial charge >= 0.3 is 0 Å². The van der Waals surface area contributed by atoms with E-state index in [1.807, 2.05) is 6.92 Å². The number of carbonyl (C=O) groups is 1. The monoisotopic (exact) mass is 500 g/mol. The maximum absolute atomic E-state index is 14.7. The molecule has 4 aromatic rings. The standard InChI is InChI=1S/C15H16FN9.C8H14FNO/c1-3-6-24-14-10(21-23-24)5-4-9(19-14)11-8(16)7-25-12(11)13(18-2)20-15(17)22-25;1-7(11)10-5-3-4-8(2,9)6-10/h4-5,7H,3,6H2,1-2H3,(H3,17,18,20,22);3-6H2,1-2H3. The number of nitrogens with two attached hydrogens (primary N) is 1. The van der Waals surface area contributed by atoms with Crippen LogP contribution in [0.2, 0.25) is 0 Å². The van der Waals surface area contributed by atoms with Crippen LogP contribution in [0, 0.1) is 5.82 Å². The van der Waals surface area contributed by atoms with Crippen LogP contribution in [0.5, 0.6) is 0 Å². The first kappa shape index (κ1) is 25.2. The normalized spacial score (nSPS) is 17.8. The van der Waals surface area contributed by atoms with Crippen LogP contribution >= 0.6 is 0 Å². The van der Waals surface area contributed by atoms with E-state index >= 15 is 0 Å². The number of rotatable bonds is 4. The predicted molar refractivity (Wildman–Crippen MR) is 133 cm³/mol. The van der Waals surface area contributed by atoms with Gasteiger partial charge in [-0.2, -0.15) is 4.98 Å². The minimum atomic E-state index is -1.16. The van der Waals surface area contributed by atoms with Crippen LogP contribution < -0.4 is 11.1 Å². The summed E-state index contributed by atoms with van der Waals surface area (Å²) < 4.78 is 31.0. The fraction of sp³-hybridized carbons (Fsp3) is 0.478. The second-order valence-electron chi connectivity index (χ2n) is 9.02. The molecule has 1 amide bonds. The molecule has 1 unspecified atom stereocenters. The van der Waals surface area contributed by atoms with Gasteiger partial charge in [-0.1, -0.05) is 12.1 Å². The fourth-order valence-corrected chi connectivity index (χ4v) is 4.31. The molecule has 0 bridgehead atoms. The molecular weight excluding hydrogens is 470 g/mol. The molecule has 1 aliphatic rings. The summed E-state index contributed by atoms with van der Waals surface area (Å²) in [6.45, 7) is 6.76. The van der Waals surface area contributed by atoms with E-state index in [2.05, 4.69) is 30.7 Å². The number of nitrogen functional groups attached to an aromatic ring is 1. The van der Waals surface area contributed by atoms with Crippen molar-refractivity contribution < 1.29 is 13.6 Å². The molecular formula is C23H30F2N10O. The number of hydrogen-bond donors (Lipinski definition) is 2. The topological polar surface area (TPSA) is 132 Å². The van der Waals surface area contributed by atoms with Crippen molar-refractivity contribution in [3.05, 3.63) is 24.1 Å². The van der Waals surface area contributed by atoms with E-state index in [-0.39, 0.29) is 18.4 Å². The van der Waals surface area contributed by atoms with E-state index < -0.39 is 11.5 Å². The molecule has 11 nitrogen and oxygen atoms in total. The molecule has 0 spiro atoms. The van der Waals surface area contributed by atoms with Gasteiger partial charge < -0.3 is 16.0 Å². The molecule has 192 valence electrons. The Balaban J connectivity index is 0.000000233. The Kier molecular flexibility index (Phi) is 7.00. The highest BCUT2D eigenvalue weighted by Crippen LogP contribution is 2.32. The number of likely N-dealkylation sites (tertiary alicyclic amines) is 1. The van der Waals surface area contributed by atoms with Crippen molar-refractivity contribution in [1.82, 2.24) is 39.5 Å². The minimum absolute atomic E-state index is 0.0198. The summed E-state index contributed by atoms with van der Waals surface area (Å²) in [5, 5.41) is 15.1. The van der Waals surface area contributed by atoms with Gasteiger partial charge in [0, 0.05) is 27.1 Å². The van der Waals surface area contributed by atoms with Crippen LogP contribution in [0.3, 0.4) is 0 Å². The lowest BCUT2D eigenvalue weighted by molar-refractivity contribution is -0.132. The summed E-state index contributed by atoms with van der Waals surface area (Å²) in [6, 6.07) is 3.48. The van der Waals surface area contributed by atoms with E-state index in [4.69, 9.17) is 5.73 Å². The Morgan fingerprint density at radius 2 is 2.08 bits per heavy atom. The average molecular weight is 501 g/mol. The van der Waals surface area contributed by atoms with Crippen LogP contribution in [0.1, 0.15) is 40.0 Å². The molecule has 1 saturated heterocycles. The molecule has 1 aliphatic heterocycles. The molecule has 0 saturated carbocycles. The summed E-state index contributed by atoms with van der Waals surface area (Å²) in [5.74, 6) is -0.00753. The Bertz CT molecular complexity index is 1400. The third kappa shape index (κ3) is 5.04. The summed E-state index contributed by atoms with van der Waals surface area (Å²) in [4.78, 5) is 21.1. The van der Waals surface area contributed by atoms with Crippen LogP contribution in [-0.2, 0) is 11.3 Å². The number of alkyl halides is 1. The number of anilines is 2. The molecule has 3 N–H and O–H groups in total. The van der Waals surface area contributed by atoms with E-state index in [1.54, 1.807) is 35.7 Å². The van der Waals surface area contributed by atoms with E-state index in [1.165, 1.54) is 17.6 Å². The molecule has 1 fully saturated rings. The van der Waals surface area contributed by atoms with Crippen molar-refractivity contribution >= 4 is 34.4 Å². The molecule has 36 heavy (non-hydrogen) atoms. The van der Waals surface area contributed by atoms with Crippen molar-refractivity contribution in [3.63, 3.8) is 0 Å². The molecule has 0 radical (unpaired) electrons. The molecule has 5 rings (SSSR count). The Hall–Kier alpha value is -3.90. The zero-order valence-corrected chi connectivity index (χ0v) is 20.8. The Labute approximate surface area is 206 Å². The van der Waals surface area contributed by atoms with E-state index in [9.17, 15) is 13.6 Å². The summed E-state index contributed by atoms with van der Waals surface area (Å²) in [6.07, 6.45) is 3.52. The molecule has 5 heterocycles. The number of pyridine rings is 1. The Morgan fingerprint density at radius 3 is 2.72 bits per heavy atom. The second kappa shape index (κ2) is 9.99. The zero-order chi connectivity index (χ0) is 26.0. The third-order valence-corrected chi connectivity index (χ3v) is 5.98. The second-order valence-corrected chi connectivity index (χ2v) is 9.02. The maximum atomic E-state index is 14.7. The number of nitrogens with zero attached hydrogens (tertiary/aromatic N) is 8. The van der Waals surface area contributed by atoms with Crippen molar-refractivity contribution in [2.45, 2.75) is 52.2 Å². The summed E-state index contributed by atoms with van der Waals surface area (Å²) >= 11 is 0. The molecule has 4 aromatic heterocycles. The van der Waals surface area contributed by atoms with Gasteiger partial charge in [-0.25, -0.2) is 23.0 Å². The lowest BCUT2D eigenvalue weighted by Gasteiger charge is -2.34. The number of aryl methyl sites for hydroxylation is 1. The third-order valence-electron chi connectivity index (χ3n) is 5.98. The van der Waals surface area contributed by atoms with Gasteiger partial charge in [0.2, 0.25) is 11.9 Å². The van der Waals surface area contributed by atoms with Gasteiger partial charge in [0.1, 0.15) is 16.7 Å². The first-order chi connectivity index (χ1) is 17.1. The zero-order valence-electron chi connectivity index (χ0n) is 20.8. The number of piperidine rings is 1. The van der Waals surface area contributed by atoms with Crippen molar-refractivity contribution in [2.75, 3.05) is 31.2 Å². The maximum Gasteiger partial charge on any atom is 0.240 e. The molecule has 1 atom stereocenters. The van der Waals surface area contributed by atoms with Crippen molar-refractivity contribution in [2.24, 2.45) is 0 Å². The number of carbonyl (C=O) groups excluding carboxylic acids is 1. The highest BCUT2D eigenvalue weighted by molar-refractivity contribution is 5.89. The average Bonchev–Trinajstić information content (AvgIpc) is 3.38. The van der Waals surface area contributed by atoms with Gasteiger partial charge in [-0.05, 0) is 38.3 Å². The number of hydrogen-bond acceptors (Lipinski definition) is 8. The number of amides is 1. The van der Waals surface area contributed by atoms with Crippen LogP contribution in [-0.4, -0.2) is 71.2 Å². The fourth-order valence-electron chi connectivity index (χ4n) is 4.31. The van der Waals surface area contributed by atoms with Crippen LogP contribution in [0.4, 0.5) is 20.5 Å². The van der Waals surface area contributed by atoms with E-state index in [0.717, 1.165) is 19.4 Å². The smallest absolute Gasteiger partial charge is 0.240 e. The van der Waals surface area contributed by atoms with E-state index in [0.29, 0.717) is 46.7 Å². The minimum Gasteiger partial charge on any atom is -0.371 e. The predicted octanol–water partition coefficient (Wildman–Crippen LogP) is 3.07. The Morgan fingerprint density at radius 1 is 1.31 bits per heavy atom. The number of fused-ring (bicyclic) bond motifs is 2. The van der Waals surface area contributed by atoms with Gasteiger partial charge in [0.15, 0.2) is 17.3 Å². The highest BCUT2D eigenvalue weighted by atomic mass is 19.1. The lowest BCUT2D eigenvalue weighted by Crippen LogP contribution is -2.45. The first-order valence-electron chi connectivity index (χ1n) is 11.8. The number of nitrogens with one attached hydrogen (secondary N) is 1.